The Hall–Kier alpha value is -0.590. The minimum atomic E-state index is 0.165. The van der Waals surface area contributed by atoms with Gasteiger partial charge < -0.3 is 0 Å². The predicted molar refractivity (Wildman–Crippen MR) is 80.9 cm³/mol. The molecule has 0 saturated heterocycles. The van der Waals surface area contributed by atoms with Gasteiger partial charge in [0.25, 0.3) is 0 Å². The van der Waals surface area contributed by atoms with Gasteiger partial charge in [-0.25, -0.2) is 0 Å². The molecule has 0 bridgehead atoms. The van der Waals surface area contributed by atoms with Gasteiger partial charge in [0, 0.05) is 0 Å². The number of hydrogen-bond acceptors (Lipinski definition) is 1. The van der Waals surface area contributed by atoms with Crippen LogP contribution < -0.4 is 0 Å². The van der Waals surface area contributed by atoms with Gasteiger partial charge in [-0.2, -0.15) is 0 Å². The number of allylic oxidation sites excluding steroid dienone is 2. The van der Waals surface area contributed by atoms with Crippen LogP contribution in [0.4, 0.5) is 0 Å². The quantitative estimate of drug-likeness (QED) is 0.297. The summed E-state index contributed by atoms with van der Waals surface area (Å²) in [5.41, 5.74) is 0. The molecule has 0 saturated carbocycles. The number of hydrogen-bond donors (Lipinski definition) is 0. The summed E-state index contributed by atoms with van der Waals surface area (Å²) in [4.78, 5) is 10.7. The molecule has 0 spiro atoms. The monoisotopic (exact) mass is 252 g/mol. The molecule has 0 aromatic rings. The maximum atomic E-state index is 10.7. The summed E-state index contributed by atoms with van der Waals surface area (Å²) < 4.78 is 0. The number of carbonyl (C=O) groups excluding carboxylic acids is 1. The third kappa shape index (κ3) is 15.4. The lowest BCUT2D eigenvalue weighted by Gasteiger charge is -2.01. The van der Waals surface area contributed by atoms with Gasteiger partial charge in [0.05, 0.1) is 0 Å². The third-order valence-electron chi connectivity index (χ3n) is 3.33. The van der Waals surface area contributed by atoms with Gasteiger partial charge in [-0.15, -0.1) is 0 Å². The normalized spacial score (nSPS) is 11.2. The van der Waals surface area contributed by atoms with Gasteiger partial charge >= 0.3 is 0 Å². The van der Waals surface area contributed by atoms with Crippen LogP contribution in [0.3, 0.4) is 0 Å². The molecule has 0 aliphatic carbocycles. The summed E-state index contributed by atoms with van der Waals surface area (Å²) in [5.74, 6) is 0.165. The van der Waals surface area contributed by atoms with Gasteiger partial charge in [0.1, 0.15) is 0 Å². The highest BCUT2D eigenvalue weighted by Crippen LogP contribution is 2.11. The van der Waals surface area contributed by atoms with Crippen LogP contribution in [-0.4, -0.2) is 5.78 Å². The van der Waals surface area contributed by atoms with Gasteiger partial charge in [-0.3, -0.25) is 4.79 Å². The van der Waals surface area contributed by atoms with Crippen LogP contribution in [0.2, 0.25) is 0 Å². The summed E-state index contributed by atoms with van der Waals surface area (Å²) in [5, 5.41) is 0. The lowest BCUT2D eigenvalue weighted by molar-refractivity contribution is -0.112. The minimum Gasteiger partial charge on any atom is -0.295 e. The van der Waals surface area contributed by atoms with Gasteiger partial charge in [-0.05, 0) is 25.8 Å². The Kier molecular flexibility index (Phi) is 14.0. The zero-order chi connectivity index (χ0) is 13.5. The Morgan fingerprint density at radius 3 is 1.67 bits per heavy atom. The van der Waals surface area contributed by atoms with E-state index in [1.807, 2.05) is 6.08 Å². The average molecular weight is 252 g/mol. The van der Waals surface area contributed by atoms with Crippen LogP contribution in [0.5, 0.6) is 0 Å². The Bertz CT molecular complexity index is 206. The molecule has 0 aliphatic heterocycles. The Morgan fingerprint density at radius 1 is 0.778 bits per heavy atom. The molecule has 0 aromatic carbocycles. The van der Waals surface area contributed by atoms with Crippen LogP contribution in [0, 0.1) is 0 Å². The molecule has 0 atom stereocenters. The van der Waals surface area contributed by atoms with Crippen LogP contribution in [0.15, 0.2) is 12.2 Å². The first-order valence-corrected chi connectivity index (χ1v) is 7.94. The molecule has 1 nitrogen and oxygen atoms in total. The maximum Gasteiger partial charge on any atom is 0.152 e. The van der Waals surface area contributed by atoms with Crippen molar-refractivity contribution in [1.82, 2.24) is 0 Å². The van der Waals surface area contributed by atoms with E-state index in [0.29, 0.717) is 0 Å². The molecule has 0 aliphatic rings. The molecule has 106 valence electrons. The fourth-order valence-electron chi connectivity index (χ4n) is 2.18. The zero-order valence-electron chi connectivity index (χ0n) is 12.5. The predicted octanol–water partition coefficient (Wildman–Crippen LogP) is 5.83. The number of rotatable bonds is 13. The van der Waals surface area contributed by atoms with Crippen molar-refractivity contribution >= 4 is 5.78 Å². The van der Waals surface area contributed by atoms with E-state index in [0.717, 1.165) is 6.42 Å². The fourth-order valence-corrected chi connectivity index (χ4v) is 2.18. The number of unbranched alkanes of at least 4 members (excludes halogenated alkanes) is 11. The first-order chi connectivity index (χ1) is 8.77. The summed E-state index contributed by atoms with van der Waals surface area (Å²) in [6.45, 7) is 3.88. The standard InChI is InChI=1S/C17H32O/c1-3-4-5-6-7-8-9-10-11-12-13-14-15-16-17(2)18/h15-16H,3-14H2,1-2H3/b16-15+. The van der Waals surface area contributed by atoms with Gasteiger partial charge in [-0.1, -0.05) is 77.2 Å². The molecule has 0 N–H and O–H groups in total. The van der Waals surface area contributed by atoms with Crippen molar-refractivity contribution in [3.63, 3.8) is 0 Å². The molecule has 0 fully saturated rings. The van der Waals surface area contributed by atoms with Crippen molar-refractivity contribution in [2.24, 2.45) is 0 Å². The summed E-state index contributed by atoms with van der Waals surface area (Å²) >= 11 is 0. The highest BCUT2D eigenvalue weighted by molar-refractivity contribution is 5.87. The summed E-state index contributed by atoms with van der Waals surface area (Å²) in [6.07, 6.45) is 20.0. The summed E-state index contributed by atoms with van der Waals surface area (Å²) in [6, 6.07) is 0. The van der Waals surface area contributed by atoms with Crippen molar-refractivity contribution < 1.29 is 4.79 Å². The Balaban J connectivity index is 3.01. The Labute approximate surface area is 114 Å². The first-order valence-electron chi connectivity index (χ1n) is 7.94. The van der Waals surface area contributed by atoms with Gasteiger partial charge in [0.15, 0.2) is 5.78 Å². The lowest BCUT2D eigenvalue weighted by atomic mass is 10.1. The lowest BCUT2D eigenvalue weighted by Crippen LogP contribution is -1.82. The summed E-state index contributed by atoms with van der Waals surface area (Å²) in [7, 11) is 0. The average Bonchev–Trinajstić information content (AvgIpc) is 2.34. The molecule has 0 amide bonds. The zero-order valence-corrected chi connectivity index (χ0v) is 12.5. The highest BCUT2D eigenvalue weighted by atomic mass is 16.1. The van der Waals surface area contributed by atoms with E-state index in [1.54, 1.807) is 13.0 Å². The second-order valence-corrected chi connectivity index (χ2v) is 5.34. The van der Waals surface area contributed by atoms with Crippen molar-refractivity contribution in [3.8, 4) is 0 Å². The second-order valence-electron chi connectivity index (χ2n) is 5.34. The molecule has 0 unspecified atom stereocenters. The molecule has 0 heterocycles. The smallest absolute Gasteiger partial charge is 0.152 e. The van der Waals surface area contributed by atoms with E-state index in [1.165, 1.54) is 70.6 Å². The molecular weight excluding hydrogens is 220 g/mol. The van der Waals surface area contributed by atoms with Crippen molar-refractivity contribution in [1.29, 1.82) is 0 Å². The van der Waals surface area contributed by atoms with E-state index < -0.39 is 0 Å². The van der Waals surface area contributed by atoms with E-state index in [-0.39, 0.29) is 5.78 Å². The van der Waals surface area contributed by atoms with E-state index >= 15 is 0 Å². The van der Waals surface area contributed by atoms with E-state index in [2.05, 4.69) is 6.92 Å². The van der Waals surface area contributed by atoms with Crippen LogP contribution in [-0.2, 0) is 4.79 Å². The maximum absolute atomic E-state index is 10.7. The molecular formula is C17H32O. The third-order valence-corrected chi connectivity index (χ3v) is 3.33. The fraction of sp³-hybridized carbons (Fsp3) is 0.824. The Morgan fingerprint density at radius 2 is 1.22 bits per heavy atom. The first kappa shape index (κ1) is 17.4. The molecule has 0 rings (SSSR count). The topological polar surface area (TPSA) is 17.1 Å². The molecule has 18 heavy (non-hydrogen) atoms. The van der Waals surface area contributed by atoms with Crippen LogP contribution >= 0.6 is 0 Å². The molecule has 0 radical (unpaired) electrons. The van der Waals surface area contributed by atoms with Crippen molar-refractivity contribution in [2.75, 3.05) is 0 Å². The SMILES string of the molecule is CCCCCCCCCCCCC/C=C/C(C)=O. The second kappa shape index (κ2) is 14.5. The largest absolute Gasteiger partial charge is 0.295 e. The number of carbonyl (C=O) groups is 1. The van der Waals surface area contributed by atoms with Crippen molar-refractivity contribution in [2.45, 2.75) is 90.9 Å². The minimum absolute atomic E-state index is 0.165. The number of ketones is 1. The van der Waals surface area contributed by atoms with Crippen LogP contribution in [0.25, 0.3) is 0 Å². The molecule has 0 aromatic heterocycles. The van der Waals surface area contributed by atoms with Crippen molar-refractivity contribution in [3.05, 3.63) is 12.2 Å². The highest BCUT2D eigenvalue weighted by Gasteiger charge is 1.92. The van der Waals surface area contributed by atoms with Gasteiger partial charge in [0.2, 0.25) is 0 Å². The van der Waals surface area contributed by atoms with E-state index in [4.69, 9.17) is 0 Å². The van der Waals surface area contributed by atoms with Crippen LogP contribution in [0.1, 0.15) is 90.9 Å². The van der Waals surface area contributed by atoms with E-state index in [9.17, 15) is 4.79 Å². The molecule has 1 heteroatoms.